The maximum atomic E-state index is 14.7. The minimum Gasteiger partial charge on any atom is -0.206 e. The fourth-order valence-electron chi connectivity index (χ4n) is 5.30. The van der Waals surface area contributed by atoms with Gasteiger partial charge in [-0.2, -0.15) is 0 Å². The lowest BCUT2D eigenvalue weighted by atomic mass is 10.1. The molecule has 0 spiro atoms. The largest absolute Gasteiger partial charge is 0.256 e. The standard InChI is InChI=1S/C37H38N2O8S4/c1-27-6-16-32(17-7-27)37(39(50(44,45)35-22-12-30(4)13-23-35)51(46,47)36-24-14-31(5)15-25-36)26-38(48(40,41)33-18-8-28(2)9-19-33)49(42,43)34-20-10-29(3)11-21-34/h6-25,37H,26H2,1-5H3. The Morgan fingerprint density at radius 1 is 0.373 bits per heavy atom. The second-order valence-corrected chi connectivity index (χ2v) is 20.2. The number of hydrogen-bond acceptors (Lipinski definition) is 8. The summed E-state index contributed by atoms with van der Waals surface area (Å²) in [6.07, 6.45) is 0. The van der Waals surface area contributed by atoms with Crippen molar-refractivity contribution < 1.29 is 33.7 Å². The molecule has 268 valence electrons. The topological polar surface area (TPSA) is 143 Å². The van der Waals surface area contributed by atoms with Gasteiger partial charge in [0, 0.05) is 0 Å². The van der Waals surface area contributed by atoms with Gasteiger partial charge in [-0.25, -0.2) is 33.7 Å². The van der Waals surface area contributed by atoms with Crippen LogP contribution in [-0.2, 0) is 40.1 Å². The van der Waals surface area contributed by atoms with Crippen LogP contribution in [0.3, 0.4) is 0 Å². The summed E-state index contributed by atoms with van der Waals surface area (Å²) in [5.41, 5.74) is 3.60. The summed E-state index contributed by atoms with van der Waals surface area (Å²) >= 11 is 0. The van der Waals surface area contributed by atoms with Crippen LogP contribution in [0.1, 0.15) is 39.4 Å². The Balaban J connectivity index is 1.85. The van der Waals surface area contributed by atoms with Gasteiger partial charge in [0.15, 0.2) is 0 Å². The molecule has 10 nitrogen and oxygen atoms in total. The molecule has 0 radical (unpaired) electrons. The first kappa shape index (κ1) is 38.1. The van der Waals surface area contributed by atoms with Crippen molar-refractivity contribution in [1.82, 2.24) is 7.42 Å². The monoisotopic (exact) mass is 766 g/mol. The summed E-state index contributed by atoms with van der Waals surface area (Å²) < 4.78 is 117. The van der Waals surface area contributed by atoms with E-state index in [9.17, 15) is 33.7 Å². The molecule has 0 saturated carbocycles. The van der Waals surface area contributed by atoms with Crippen molar-refractivity contribution in [2.24, 2.45) is 0 Å². The highest BCUT2D eigenvalue weighted by atomic mass is 32.3. The molecule has 0 saturated heterocycles. The molecule has 0 fully saturated rings. The lowest BCUT2D eigenvalue weighted by molar-refractivity contribution is 0.383. The number of rotatable bonds is 12. The molecule has 0 bridgehead atoms. The van der Waals surface area contributed by atoms with Crippen LogP contribution >= 0.6 is 0 Å². The SMILES string of the molecule is Cc1ccc(C(CN(S(=O)(=O)c2ccc(C)cc2)S(=O)(=O)c2ccc(C)cc2)N(S(=O)(=O)c2ccc(C)cc2)S(=O)(=O)c2ccc(C)cc2)cc1. The molecule has 5 aromatic carbocycles. The summed E-state index contributed by atoms with van der Waals surface area (Å²) in [5.74, 6) is 0. The van der Waals surface area contributed by atoms with Crippen LogP contribution in [0, 0.1) is 34.6 Å². The molecule has 5 aromatic rings. The molecule has 0 N–H and O–H groups in total. The van der Waals surface area contributed by atoms with Gasteiger partial charge in [0.1, 0.15) is 0 Å². The second-order valence-electron chi connectivity index (χ2n) is 12.4. The maximum absolute atomic E-state index is 14.7. The van der Waals surface area contributed by atoms with Crippen molar-refractivity contribution in [3.05, 3.63) is 155 Å². The molecule has 14 heteroatoms. The average molecular weight is 767 g/mol. The van der Waals surface area contributed by atoms with Gasteiger partial charge in [-0.1, -0.05) is 108 Å². The van der Waals surface area contributed by atoms with Crippen LogP contribution in [0.2, 0.25) is 0 Å². The molecule has 0 aliphatic rings. The van der Waals surface area contributed by atoms with Crippen LogP contribution in [0.4, 0.5) is 0 Å². The van der Waals surface area contributed by atoms with Crippen molar-refractivity contribution in [2.75, 3.05) is 6.54 Å². The summed E-state index contributed by atoms with van der Waals surface area (Å²) in [7, 11) is -20.0. The first-order valence-corrected chi connectivity index (χ1v) is 21.5. The number of nitrogens with zero attached hydrogens (tertiary/aromatic N) is 2. The lowest BCUT2D eigenvalue weighted by Crippen LogP contribution is -2.47. The molecule has 0 heterocycles. The van der Waals surface area contributed by atoms with E-state index in [1.54, 1.807) is 46.8 Å². The van der Waals surface area contributed by atoms with Gasteiger partial charge >= 0.3 is 0 Å². The van der Waals surface area contributed by atoms with E-state index in [0.29, 0.717) is 22.3 Å². The first-order chi connectivity index (χ1) is 23.8. The van der Waals surface area contributed by atoms with E-state index >= 15 is 0 Å². The fourth-order valence-corrected chi connectivity index (χ4v) is 12.9. The summed E-state index contributed by atoms with van der Waals surface area (Å²) in [6.45, 7) is 7.55. The Kier molecular flexibility index (Phi) is 10.8. The summed E-state index contributed by atoms with van der Waals surface area (Å²) in [6, 6.07) is 26.2. The van der Waals surface area contributed by atoms with Crippen molar-refractivity contribution in [3.8, 4) is 0 Å². The smallest absolute Gasteiger partial charge is 0.206 e. The highest BCUT2D eigenvalue weighted by Gasteiger charge is 2.47. The Morgan fingerprint density at radius 3 is 0.882 bits per heavy atom. The highest BCUT2D eigenvalue weighted by molar-refractivity contribution is 8.04. The normalized spacial score (nSPS) is 13.4. The van der Waals surface area contributed by atoms with Crippen LogP contribution in [-0.4, -0.2) is 47.6 Å². The first-order valence-electron chi connectivity index (χ1n) is 15.8. The minimum atomic E-state index is -5.04. The van der Waals surface area contributed by atoms with Gasteiger partial charge in [0.2, 0.25) is 0 Å². The van der Waals surface area contributed by atoms with Crippen LogP contribution < -0.4 is 0 Å². The van der Waals surface area contributed by atoms with Crippen LogP contribution in [0.15, 0.2) is 141 Å². The predicted molar refractivity (Wildman–Crippen MR) is 196 cm³/mol. The molecule has 1 atom stereocenters. The van der Waals surface area contributed by atoms with Gasteiger partial charge in [-0.05, 0) is 88.7 Å². The van der Waals surface area contributed by atoms with Gasteiger partial charge in [0.25, 0.3) is 40.1 Å². The van der Waals surface area contributed by atoms with Gasteiger partial charge < -0.3 is 0 Å². The number of aryl methyl sites for hydroxylation is 5. The Morgan fingerprint density at radius 2 is 0.608 bits per heavy atom. The van der Waals surface area contributed by atoms with Gasteiger partial charge in [-0.15, -0.1) is 0 Å². The minimum absolute atomic E-state index is 0.0372. The predicted octanol–water partition coefficient (Wildman–Crippen LogP) is 6.43. The third kappa shape index (κ3) is 7.86. The van der Waals surface area contributed by atoms with E-state index in [1.165, 1.54) is 109 Å². The quantitative estimate of drug-likeness (QED) is 0.141. The van der Waals surface area contributed by atoms with Crippen molar-refractivity contribution in [1.29, 1.82) is 0 Å². The fraction of sp³-hybridized carbons (Fsp3) is 0.189. The molecule has 0 aromatic heterocycles. The van der Waals surface area contributed by atoms with Crippen LogP contribution in [0.5, 0.6) is 0 Å². The number of hydrogen-bond donors (Lipinski definition) is 0. The lowest BCUT2D eigenvalue weighted by Gasteiger charge is -2.34. The molecule has 0 amide bonds. The van der Waals surface area contributed by atoms with E-state index in [1.807, 2.05) is 0 Å². The third-order valence-electron chi connectivity index (χ3n) is 8.32. The van der Waals surface area contributed by atoms with E-state index in [-0.39, 0.29) is 22.8 Å². The zero-order valence-electron chi connectivity index (χ0n) is 28.6. The second kappa shape index (κ2) is 14.4. The average Bonchev–Trinajstić information content (AvgIpc) is 3.07. The van der Waals surface area contributed by atoms with Gasteiger partial charge in [-0.3, -0.25) is 0 Å². The Hall–Kier alpha value is -4.18. The molecular formula is C37H38N2O8S4. The molecule has 51 heavy (non-hydrogen) atoms. The number of sulfonamides is 4. The summed E-state index contributed by atoms with van der Waals surface area (Å²) in [4.78, 5) is -1.56. The zero-order chi connectivity index (χ0) is 37.4. The van der Waals surface area contributed by atoms with E-state index in [4.69, 9.17) is 0 Å². The van der Waals surface area contributed by atoms with Crippen molar-refractivity contribution in [3.63, 3.8) is 0 Å². The molecule has 5 rings (SSSR count). The van der Waals surface area contributed by atoms with Crippen LogP contribution in [0.25, 0.3) is 0 Å². The van der Waals surface area contributed by atoms with E-state index < -0.39 is 62.5 Å². The molecule has 1 unspecified atom stereocenters. The Labute approximate surface area is 301 Å². The molecule has 0 aliphatic carbocycles. The van der Waals surface area contributed by atoms with E-state index in [2.05, 4.69) is 0 Å². The molecular weight excluding hydrogens is 729 g/mol. The molecule has 0 aliphatic heterocycles. The maximum Gasteiger partial charge on any atom is 0.256 e. The van der Waals surface area contributed by atoms with Gasteiger partial charge in [0.05, 0.1) is 32.2 Å². The van der Waals surface area contributed by atoms with E-state index in [0.717, 1.165) is 5.56 Å². The van der Waals surface area contributed by atoms with Crippen molar-refractivity contribution >= 4 is 40.1 Å². The van der Waals surface area contributed by atoms with Crippen molar-refractivity contribution in [2.45, 2.75) is 60.2 Å². The highest BCUT2D eigenvalue weighted by Crippen LogP contribution is 2.38. The zero-order valence-corrected chi connectivity index (χ0v) is 31.9. The summed E-state index contributed by atoms with van der Waals surface area (Å²) in [5, 5.41) is 0. The number of benzene rings is 5. The Bertz CT molecular complexity index is 2320. The third-order valence-corrected chi connectivity index (χ3v) is 17.0.